The standard InChI is InChI=1S/C9H19N2O/c1-8(2)5-11-4-3-9(10,6-11)7-12/h12H,3-7,10H2,1-2H3. The summed E-state index contributed by atoms with van der Waals surface area (Å²) in [7, 11) is 0. The van der Waals surface area contributed by atoms with Crippen molar-refractivity contribution in [3.05, 3.63) is 5.92 Å². The van der Waals surface area contributed by atoms with E-state index in [1.165, 1.54) is 5.92 Å². The van der Waals surface area contributed by atoms with Crippen molar-refractivity contribution in [3.63, 3.8) is 0 Å². The Morgan fingerprint density at radius 3 is 2.67 bits per heavy atom. The van der Waals surface area contributed by atoms with Gasteiger partial charge in [0.2, 0.25) is 0 Å². The Morgan fingerprint density at radius 2 is 2.25 bits per heavy atom. The van der Waals surface area contributed by atoms with E-state index in [9.17, 15) is 0 Å². The van der Waals surface area contributed by atoms with Crippen molar-refractivity contribution in [2.24, 2.45) is 5.73 Å². The van der Waals surface area contributed by atoms with Crippen LogP contribution in [-0.2, 0) is 0 Å². The van der Waals surface area contributed by atoms with E-state index < -0.39 is 0 Å². The lowest BCUT2D eigenvalue weighted by Crippen LogP contribution is -2.46. The van der Waals surface area contributed by atoms with E-state index in [0.717, 1.165) is 26.1 Å². The minimum absolute atomic E-state index is 0.103. The van der Waals surface area contributed by atoms with Crippen molar-refractivity contribution >= 4 is 0 Å². The van der Waals surface area contributed by atoms with E-state index in [4.69, 9.17) is 10.8 Å². The monoisotopic (exact) mass is 171 g/mol. The number of aliphatic hydroxyl groups is 1. The van der Waals surface area contributed by atoms with Gasteiger partial charge < -0.3 is 15.7 Å². The van der Waals surface area contributed by atoms with Gasteiger partial charge in [-0.2, -0.15) is 0 Å². The van der Waals surface area contributed by atoms with Gasteiger partial charge in [-0.05, 0) is 12.3 Å². The molecule has 12 heavy (non-hydrogen) atoms. The van der Waals surface area contributed by atoms with Gasteiger partial charge in [-0.1, -0.05) is 13.8 Å². The molecule has 0 amide bonds. The van der Waals surface area contributed by atoms with Crippen LogP contribution in [0.15, 0.2) is 0 Å². The first-order valence-corrected chi connectivity index (χ1v) is 4.47. The summed E-state index contributed by atoms with van der Waals surface area (Å²) < 4.78 is 0. The third kappa shape index (κ3) is 2.44. The van der Waals surface area contributed by atoms with Crippen LogP contribution in [0.5, 0.6) is 0 Å². The zero-order chi connectivity index (χ0) is 9.19. The van der Waals surface area contributed by atoms with Crippen molar-refractivity contribution < 1.29 is 5.11 Å². The zero-order valence-corrected chi connectivity index (χ0v) is 8.01. The molecule has 1 rings (SSSR count). The van der Waals surface area contributed by atoms with Crippen molar-refractivity contribution in [2.45, 2.75) is 25.8 Å². The fourth-order valence-electron chi connectivity index (χ4n) is 1.70. The summed E-state index contributed by atoms with van der Waals surface area (Å²) in [6.07, 6.45) is 0.913. The van der Waals surface area contributed by atoms with Gasteiger partial charge in [0.15, 0.2) is 0 Å². The Kier molecular flexibility index (Phi) is 3.09. The zero-order valence-electron chi connectivity index (χ0n) is 8.01. The van der Waals surface area contributed by atoms with Crippen LogP contribution in [0.2, 0.25) is 0 Å². The van der Waals surface area contributed by atoms with Crippen LogP contribution < -0.4 is 5.73 Å². The van der Waals surface area contributed by atoms with Crippen LogP contribution in [0.3, 0.4) is 0 Å². The maximum absolute atomic E-state index is 9.02. The number of hydrogen-bond acceptors (Lipinski definition) is 3. The molecule has 1 heterocycles. The minimum atomic E-state index is -0.338. The highest BCUT2D eigenvalue weighted by molar-refractivity contribution is 4.96. The molecule has 1 aliphatic rings. The molecule has 0 spiro atoms. The van der Waals surface area contributed by atoms with E-state index >= 15 is 0 Å². The molecule has 1 atom stereocenters. The summed E-state index contributed by atoms with van der Waals surface area (Å²) >= 11 is 0. The average Bonchev–Trinajstić information content (AvgIpc) is 2.32. The summed E-state index contributed by atoms with van der Waals surface area (Å²) in [6, 6.07) is 0. The maximum atomic E-state index is 9.02. The predicted octanol–water partition coefficient (Wildman–Crippen LogP) is -0.00381. The average molecular weight is 171 g/mol. The molecular formula is C9H19N2O. The first kappa shape index (κ1) is 9.96. The second kappa shape index (κ2) is 3.73. The smallest absolute Gasteiger partial charge is 0.0624 e. The number of hydrogen-bond donors (Lipinski definition) is 2. The molecule has 1 unspecified atom stereocenters. The van der Waals surface area contributed by atoms with Crippen molar-refractivity contribution in [1.82, 2.24) is 4.90 Å². The van der Waals surface area contributed by atoms with E-state index in [0.29, 0.717) is 0 Å². The number of nitrogens with zero attached hydrogens (tertiary/aromatic N) is 1. The Hall–Kier alpha value is -0.120. The molecule has 0 bridgehead atoms. The molecular weight excluding hydrogens is 152 g/mol. The van der Waals surface area contributed by atoms with E-state index in [1.54, 1.807) is 0 Å². The Bertz CT molecular complexity index is 149. The lowest BCUT2D eigenvalue weighted by atomic mass is 10.0. The van der Waals surface area contributed by atoms with Crippen molar-refractivity contribution in [2.75, 3.05) is 26.2 Å². The molecule has 0 aliphatic carbocycles. The number of aliphatic hydroxyl groups excluding tert-OH is 1. The van der Waals surface area contributed by atoms with Gasteiger partial charge in [0.05, 0.1) is 12.1 Å². The molecule has 3 heteroatoms. The van der Waals surface area contributed by atoms with Crippen molar-refractivity contribution in [3.8, 4) is 0 Å². The molecule has 0 aromatic heterocycles. The molecule has 3 nitrogen and oxygen atoms in total. The molecule has 0 aromatic rings. The van der Waals surface area contributed by atoms with E-state index in [-0.39, 0.29) is 12.1 Å². The molecule has 1 radical (unpaired) electrons. The van der Waals surface area contributed by atoms with Crippen LogP contribution in [-0.4, -0.2) is 41.8 Å². The summed E-state index contributed by atoms with van der Waals surface area (Å²) in [5.41, 5.74) is 5.59. The molecule has 0 aromatic carbocycles. The maximum Gasteiger partial charge on any atom is 0.0624 e. The fourth-order valence-corrected chi connectivity index (χ4v) is 1.70. The third-order valence-corrected chi connectivity index (χ3v) is 2.32. The van der Waals surface area contributed by atoms with Crippen LogP contribution in [0.1, 0.15) is 20.3 Å². The van der Waals surface area contributed by atoms with E-state index in [1.807, 2.05) is 0 Å². The number of likely N-dealkylation sites (tertiary alicyclic amines) is 1. The molecule has 0 saturated carbocycles. The SMILES string of the molecule is C[C](C)CN1CCC(N)(CO)C1. The van der Waals surface area contributed by atoms with Gasteiger partial charge in [0, 0.05) is 19.6 Å². The molecule has 71 valence electrons. The van der Waals surface area contributed by atoms with Crippen LogP contribution in [0.4, 0.5) is 0 Å². The Morgan fingerprint density at radius 1 is 1.58 bits per heavy atom. The highest BCUT2D eigenvalue weighted by atomic mass is 16.3. The third-order valence-electron chi connectivity index (χ3n) is 2.32. The largest absolute Gasteiger partial charge is 0.394 e. The van der Waals surface area contributed by atoms with Crippen LogP contribution in [0.25, 0.3) is 0 Å². The minimum Gasteiger partial charge on any atom is -0.394 e. The molecule has 1 saturated heterocycles. The summed E-state index contributed by atoms with van der Waals surface area (Å²) in [4.78, 5) is 2.30. The fraction of sp³-hybridized carbons (Fsp3) is 0.889. The van der Waals surface area contributed by atoms with Gasteiger partial charge in [0.25, 0.3) is 0 Å². The summed E-state index contributed by atoms with van der Waals surface area (Å²) in [5, 5.41) is 9.02. The Balaban J connectivity index is 2.35. The second-order valence-corrected chi connectivity index (χ2v) is 4.19. The van der Waals surface area contributed by atoms with Crippen LogP contribution >= 0.6 is 0 Å². The van der Waals surface area contributed by atoms with Gasteiger partial charge in [0.1, 0.15) is 0 Å². The predicted molar refractivity (Wildman–Crippen MR) is 49.7 cm³/mol. The number of nitrogens with two attached hydrogens (primary N) is 1. The summed E-state index contributed by atoms with van der Waals surface area (Å²) in [6.45, 7) is 7.20. The van der Waals surface area contributed by atoms with Gasteiger partial charge in [-0.25, -0.2) is 0 Å². The molecule has 3 N–H and O–H groups in total. The first-order valence-electron chi connectivity index (χ1n) is 4.47. The van der Waals surface area contributed by atoms with Gasteiger partial charge in [-0.3, -0.25) is 0 Å². The number of rotatable bonds is 3. The highest BCUT2D eigenvalue weighted by Gasteiger charge is 2.33. The second-order valence-electron chi connectivity index (χ2n) is 4.19. The Labute approximate surface area is 74.5 Å². The normalized spacial score (nSPS) is 31.8. The van der Waals surface area contributed by atoms with Gasteiger partial charge in [-0.15, -0.1) is 0 Å². The lowest BCUT2D eigenvalue weighted by Gasteiger charge is -2.22. The lowest BCUT2D eigenvalue weighted by molar-refractivity contribution is 0.194. The molecule has 1 aliphatic heterocycles. The first-order chi connectivity index (χ1) is 5.56. The summed E-state index contributed by atoms with van der Waals surface area (Å²) in [5.74, 6) is 1.40. The highest BCUT2D eigenvalue weighted by Crippen LogP contribution is 2.19. The van der Waals surface area contributed by atoms with Crippen LogP contribution in [0, 0.1) is 5.92 Å². The van der Waals surface area contributed by atoms with Gasteiger partial charge >= 0.3 is 0 Å². The quantitative estimate of drug-likeness (QED) is 0.628. The topological polar surface area (TPSA) is 49.5 Å². The molecule has 1 fully saturated rings. The van der Waals surface area contributed by atoms with Crippen molar-refractivity contribution in [1.29, 1.82) is 0 Å². The van der Waals surface area contributed by atoms with E-state index in [2.05, 4.69) is 18.7 Å².